The van der Waals surface area contributed by atoms with Crippen molar-refractivity contribution in [3.05, 3.63) is 0 Å². The highest BCUT2D eigenvalue weighted by atomic mass is 16.6. The standard InChI is InChI=1S/C12H24O3/c1-7-11(4,5)12(6,15-9-3)10(13)14-8-2/h7-9H2,1-6H3. The molecule has 0 aromatic heterocycles. The lowest BCUT2D eigenvalue weighted by atomic mass is 9.73. The first-order valence-electron chi connectivity index (χ1n) is 5.66. The molecule has 90 valence electrons. The van der Waals surface area contributed by atoms with Gasteiger partial charge in [0, 0.05) is 12.0 Å². The Morgan fingerprint density at radius 2 is 1.60 bits per heavy atom. The summed E-state index contributed by atoms with van der Waals surface area (Å²) in [5, 5.41) is 0. The molecule has 0 heterocycles. The molecule has 3 nitrogen and oxygen atoms in total. The Kier molecular flexibility index (Phi) is 5.29. The number of hydrogen-bond acceptors (Lipinski definition) is 3. The lowest BCUT2D eigenvalue weighted by Gasteiger charge is -2.40. The molecule has 1 unspecified atom stereocenters. The van der Waals surface area contributed by atoms with Crippen molar-refractivity contribution in [3.63, 3.8) is 0 Å². The molecule has 0 aliphatic carbocycles. The van der Waals surface area contributed by atoms with E-state index in [-0.39, 0.29) is 11.4 Å². The Morgan fingerprint density at radius 1 is 1.07 bits per heavy atom. The number of carbonyl (C=O) groups is 1. The molecule has 0 radical (unpaired) electrons. The van der Waals surface area contributed by atoms with E-state index >= 15 is 0 Å². The van der Waals surface area contributed by atoms with Crippen molar-refractivity contribution in [2.45, 2.75) is 53.6 Å². The number of carbonyl (C=O) groups excluding carboxylic acids is 1. The minimum Gasteiger partial charge on any atom is -0.464 e. The summed E-state index contributed by atoms with van der Waals surface area (Å²) in [6, 6.07) is 0. The first-order valence-corrected chi connectivity index (χ1v) is 5.66. The first-order chi connectivity index (χ1) is 6.85. The Morgan fingerprint density at radius 3 is 1.93 bits per heavy atom. The molecule has 0 aliphatic heterocycles. The average molecular weight is 216 g/mol. The summed E-state index contributed by atoms with van der Waals surface area (Å²) < 4.78 is 10.7. The zero-order chi connectivity index (χ0) is 12.1. The molecular weight excluding hydrogens is 192 g/mol. The van der Waals surface area contributed by atoms with Gasteiger partial charge in [-0.1, -0.05) is 20.8 Å². The van der Waals surface area contributed by atoms with Gasteiger partial charge in [0.2, 0.25) is 0 Å². The third kappa shape index (κ3) is 2.94. The van der Waals surface area contributed by atoms with Crippen LogP contribution in [0.4, 0.5) is 0 Å². The minimum absolute atomic E-state index is 0.227. The van der Waals surface area contributed by atoms with Crippen molar-refractivity contribution in [2.24, 2.45) is 5.41 Å². The highest BCUT2D eigenvalue weighted by molar-refractivity contribution is 5.80. The third-order valence-corrected chi connectivity index (χ3v) is 3.27. The van der Waals surface area contributed by atoms with Crippen molar-refractivity contribution in [1.82, 2.24) is 0 Å². The quantitative estimate of drug-likeness (QED) is 0.640. The summed E-state index contributed by atoms with van der Waals surface area (Å²) in [6.45, 7) is 12.5. The van der Waals surface area contributed by atoms with Crippen LogP contribution in [0.3, 0.4) is 0 Å². The van der Waals surface area contributed by atoms with Gasteiger partial charge in [-0.3, -0.25) is 0 Å². The van der Waals surface area contributed by atoms with Crippen molar-refractivity contribution in [2.75, 3.05) is 13.2 Å². The fourth-order valence-corrected chi connectivity index (χ4v) is 1.43. The van der Waals surface area contributed by atoms with Crippen molar-refractivity contribution in [1.29, 1.82) is 0 Å². The maximum atomic E-state index is 11.9. The molecule has 0 spiro atoms. The summed E-state index contributed by atoms with van der Waals surface area (Å²) in [5.74, 6) is -0.265. The van der Waals surface area contributed by atoms with Gasteiger partial charge in [0.15, 0.2) is 5.60 Å². The molecule has 1 atom stereocenters. The van der Waals surface area contributed by atoms with Gasteiger partial charge in [-0.25, -0.2) is 4.79 Å². The van der Waals surface area contributed by atoms with E-state index in [0.717, 1.165) is 6.42 Å². The van der Waals surface area contributed by atoms with E-state index in [4.69, 9.17) is 9.47 Å². The summed E-state index contributed by atoms with van der Waals surface area (Å²) in [7, 11) is 0. The largest absolute Gasteiger partial charge is 0.464 e. The van der Waals surface area contributed by atoms with E-state index in [1.165, 1.54) is 0 Å². The second-order valence-corrected chi connectivity index (χ2v) is 4.42. The maximum absolute atomic E-state index is 11.9. The van der Waals surface area contributed by atoms with E-state index in [1.807, 2.05) is 34.6 Å². The Labute approximate surface area is 93.1 Å². The molecule has 0 aromatic rings. The van der Waals surface area contributed by atoms with Crippen LogP contribution in [0.25, 0.3) is 0 Å². The Hall–Kier alpha value is -0.570. The van der Waals surface area contributed by atoms with Crippen LogP contribution in [0.1, 0.15) is 48.0 Å². The van der Waals surface area contributed by atoms with Gasteiger partial charge in [-0.05, 0) is 27.2 Å². The van der Waals surface area contributed by atoms with Crippen LogP contribution >= 0.6 is 0 Å². The van der Waals surface area contributed by atoms with Gasteiger partial charge in [-0.2, -0.15) is 0 Å². The van der Waals surface area contributed by atoms with Gasteiger partial charge >= 0.3 is 5.97 Å². The SMILES string of the molecule is CCOC(=O)C(C)(OCC)C(C)(C)CC. The van der Waals surface area contributed by atoms with Crippen LogP contribution in [-0.2, 0) is 14.3 Å². The predicted octanol–water partition coefficient (Wildman–Crippen LogP) is 2.78. The normalized spacial score (nSPS) is 15.9. The van der Waals surface area contributed by atoms with Gasteiger partial charge < -0.3 is 9.47 Å². The van der Waals surface area contributed by atoms with Crippen molar-refractivity contribution < 1.29 is 14.3 Å². The van der Waals surface area contributed by atoms with Crippen LogP contribution < -0.4 is 0 Å². The smallest absolute Gasteiger partial charge is 0.338 e. The molecule has 0 saturated heterocycles. The van der Waals surface area contributed by atoms with E-state index in [2.05, 4.69) is 6.92 Å². The molecule has 0 aromatic carbocycles. The average Bonchev–Trinajstić information content (AvgIpc) is 2.18. The lowest BCUT2D eigenvalue weighted by Crippen LogP contribution is -2.51. The lowest BCUT2D eigenvalue weighted by molar-refractivity contribution is -0.186. The van der Waals surface area contributed by atoms with Crippen LogP contribution in [0.2, 0.25) is 0 Å². The highest BCUT2D eigenvalue weighted by Crippen LogP contribution is 2.38. The molecule has 0 rings (SSSR count). The molecule has 15 heavy (non-hydrogen) atoms. The van der Waals surface area contributed by atoms with E-state index in [9.17, 15) is 4.79 Å². The molecule has 0 N–H and O–H groups in total. The molecule has 0 bridgehead atoms. The van der Waals surface area contributed by atoms with Gasteiger partial charge in [0.25, 0.3) is 0 Å². The van der Waals surface area contributed by atoms with Crippen LogP contribution in [0.5, 0.6) is 0 Å². The summed E-state index contributed by atoms with van der Waals surface area (Å²) >= 11 is 0. The van der Waals surface area contributed by atoms with Gasteiger partial charge in [-0.15, -0.1) is 0 Å². The monoisotopic (exact) mass is 216 g/mol. The molecule has 3 heteroatoms. The topological polar surface area (TPSA) is 35.5 Å². The summed E-state index contributed by atoms with van der Waals surface area (Å²) in [6.07, 6.45) is 0.863. The zero-order valence-electron chi connectivity index (χ0n) is 10.8. The van der Waals surface area contributed by atoms with Crippen molar-refractivity contribution >= 4 is 5.97 Å². The Bertz CT molecular complexity index is 211. The fourth-order valence-electron chi connectivity index (χ4n) is 1.43. The molecule has 0 saturated carbocycles. The molecule has 0 aliphatic rings. The number of hydrogen-bond donors (Lipinski definition) is 0. The second-order valence-electron chi connectivity index (χ2n) is 4.42. The Balaban J connectivity index is 4.96. The predicted molar refractivity (Wildman–Crippen MR) is 60.7 cm³/mol. The first kappa shape index (κ1) is 14.4. The van der Waals surface area contributed by atoms with Crippen LogP contribution in [-0.4, -0.2) is 24.8 Å². The number of rotatable bonds is 6. The van der Waals surface area contributed by atoms with E-state index in [1.54, 1.807) is 0 Å². The van der Waals surface area contributed by atoms with Crippen LogP contribution in [0.15, 0.2) is 0 Å². The third-order valence-electron chi connectivity index (χ3n) is 3.27. The van der Waals surface area contributed by atoms with E-state index < -0.39 is 5.60 Å². The summed E-state index contributed by atoms with van der Waals surface area (Å²) in [4.78, 5) is 11.9. The number of ether oxygens (including phenoxy) is 2. The summed E-state index contributed by atoms with van der Waals surface area (Å²) in [5.41, 5.74) is -1.08. The van der Waals surface area contributed by atoms with Crippen molar-refractivity contribution in [3.8, 4) is 0 Å². The molecule has 0 amide bonds. The molecule has 0 fully saturated rings. The second kappa shape index (κ2) is 5.50. The highest BCUT2D eigenvalue weighted by Gasteiger charge is 2.48. The van der Waals surface area contributed by atoms with Gasteiger partial charge in [0.1, 0.15) is 0 Å². The minimum atomic E-state index is -0.855. The van der Waals surface area contributed by atoms with E-state index in [0.29, 0.717) is 13.2 Å². The van der Waals surface area contributed by atoms with Crippen LogP contribution in [0, 0.1) is 5.41 Å². The fraction of sp³-hybridized carbons (Fsp3) is 0.917. The van der Waals surface area contributed by atoms with Gasteiger partial charge in [0.05, 0.1) is 6.61 Å². The molecular formula is C12H24O3. The number of esters is 1. The maximum Gasteiger partial charge on any atom is 0.338 e. The zero-order valence-corrected chi connectivity index (χ0v) is 10.8.